The number of hydrogen-bond donors (Lipinski definition) is 1. The molecule has 0 bridgehead atoms. The first-order valence-corrected chi connectivity index (χ1v) is 9.58. The Labute approximate surface area is 168 Å². The minimum atomic E-state index is -0.423. The average Bonchev–Trinajstić information content (AvgIpc) is 3.24. The lowest BCUT2D eigenvalue weighted by Crippen LogP contribution is -2.28. The number of carbonyl (C=O) groups is 3. The van der Waals surface area contributed by atoms with Crippen LogP contribution in [0.2, 0.25) is 5.02 Å². The lowest BCUT2D eigenvalue weighted by atomic mass is 10.1. The van der Waals surface area contributed by atoms with Gasteiger partial charge in [0.1, 0.15) is 0 Å². The van der Waals surface area contributed by atoms with Gasteiger partial charge in [-0.25, -0.2) is 0 Å². The number of fused-ring (bicyclic) bond motifs is 1. The van der Waals surface area contributed by atoms with E-state index in [0.717, 1.165) is 23.4 Å². The molecule has 1 unspecified atom stereocenters. The van der Waals surface area contributed by atoms with Crippen molar-refractivity contribution in [2.75, 3.05) is 28.2 Å². The SMILES string of the molecule is CC(=O)N1CCc2cc(N3CC(C(=O)Nc4cccc(Cl)c4)CC3=O)ccc21. The van der Waals surface area contributed by atoms with E-state index < -0.39 is 5.92 Å². The van der Waals surface area contributed by atoms with Crippen LogP contribution in [0.5, 0.6) is 0 Å². The number of halogens is 1. The summed E-state index contributed by atoms with van der Waals surface area (Å²) in [4.78, 5) is 40.2. The largest absolute Gasteiger partial charge is 0.326 e. The van der Waals surface area contributed by atoms with E-state index in [2.05, 4.69) is 5.32 Å². The summed E-state index contributed by atoms with van der Waals surface area (Å²) in [5.74, 6) is -0.676. The van der Waals surface area contributed by atoms with E-state index in [-0.39, 0.29) is 24.1 Å². The second-order valence-corrected chi connectivity index (χ2v) is 7.58. The van der Waals surface area contributed by atoms with Crippen LogP contribution in [0.1, 0.15) is 18.9 Å². The van der Waals surface area contributed by atoms with E-state index in [0.29, 0.717) is 23.8 Å². The second-order valence-electron chi connectivity index (χ2n) is 7.14. The molecule has 1 saturated heterocycles. The van der Waals surface area contributed by atoms with Crippen molar-refractivity contribution in [2.24, 2.45) is 5.92 Å². The van der Waals surface area contributed by atoms with E-state index in [1.807, 2.05) is 18.2 Å². The maximum Gasteiger partial charge on any atom is 0.229 e. The third-order valence-corrected chi connectivity index (χ3v) is 5.47. The van der Waals surface area contributed by atoms with Gasteiger partial charge in [0.05, 0.1) is 5.92 Å². The van der Waals surface area contributed by atoms with Crippen LogP contribution in [-0.4, -0.2) is 30.8 Å². The fourth-order valence-electron chi connectivity index (χ4n) is 3.83. The van der Waals surface area contributed by atoms with Gasteiger partial charge in [-0.1, -0.05) is 17.7 Å². The van der Waals surface area contributed by atoms with E-state index in [9.17, 15) is 14.4 Å². The Morgan fingerprint density at radius 1 is 1.18 bits per heavy atom. The molecule has 0 spiro atoms. The highest BCUT2D eigenvalue weighted by atomic mass is 35.5. The number of amides is 3. The number of rotatable bonds is 3. The van der Waals surface area contributed by atoms with Gasteiger partial charge >= 0.3 is 0 Å². The first-order valence-electron chi connectivity index (χ1n) is 9.20. The van der Waals surface area contributed by atoms with E-state index >= 15 is 0 Å². The van der Waals surface area contributed by atoms with Gasteiger partial charge in [-0.2, -0.15) is 0 Å². The smallest absolute Gasteiger partial charge is 0.229 e. The molecule has 2 aliphatic heterocycles. The molecule has 2 aromatic carbocycles. The fraction of sp³-hybridized carbons (Fsp3) is 0.286. The van der Waals surface area contributed by atoms with Crippen molar-refractivity contribution in [2.45, 2.75) is 19.8 Å². The number of nitrogens with one attached hydrogen (secondary N) is 1. The summed E-state index contributed by atoms with van der Waals surface area (Å²) in [7, 11) is 0. The minimum absolute atomic E-state index is 0.0153. The number of nitrogens with zero attached hydrogens (tertiary/aromatic N) is 2. The highest BCUT2D eigenvalue weighted by Crippen LogP contribution is 2.34. The summed E-state index contributed by atoms with van der Waals surface area (Å²) >= 11 is 5.95. The molecule has 7 heteroatoms. The van der Waals surface area contributed by atoms with Crippen molar-refractivity contribution < 1.29 is 14.4 Å². The Hall–Kier alpha value is -2.86. The molecule has 1 fully saturated rings. The Balaban J connectivity index is 1.48. The van der Waals surface area contributed by atoms with Gasteiger partial charge in [0.2, 0.25) is 17.7 Å². The van der Waals surface area contributed by atoms with Gasteiger partial charge < -0.3 is 15.1 Å². The maximum atomic E-state index is 12.6. The van der Waals surface area contributed by atoms with Crippen molar-refractivity contribution in [1.29, 1.82) is 0 Å². The van der Waals surface area contributed by atoms with Crippen molar-refractivity contribution in [1.82, 2.24) is 0 Å². The molecule has 2 heterocycles. The molecule has 6 nitrogen and oxygen atoms in total. The standard InChI is InChI=1S/C21H20ClN3O3/c1-13(26)24-8-7-14-9-18(5-6-19(14)24)25-12-15(10-20(25)27)21(28)23-17-4-2-3-16(22)11-17/h2-6,9,11,15H,7-8,10,12H2,1H3,(H,23,28). The third-order valence-electron chi connectivity index (χ3n) is 5.24. The molecule has 0 aliphatic carbocycles. The first kappa shape index (κ1) is 18.5. The summed E-state index contributed by atoms with van der Waals surface area (Å²) in [5, 5.41) is 3.37. The summed E-state index contributed by atoms with van der Waals surface area (Å²) < 4.78 is 0. The first-order chi connectivity index (χ1) is 13.4. The van der Waals surface area contributed by atoms with E-state index in [4.69, 9.17) is 11.6 Å². The molecule has 3 amide bonds. The molecule has 2 aliphatic rings. The molecule has 144 valence electrons. The maximum absolute atomic E-state index is 12.6. The Morgan fingerprint density at radius 2 is 2.00 bits per heavy atom. The summed E-state index contributed by atoms with van der Waals surface area (Å²) in [5.41, 5.74) is 3.34. The number of anilines is 3. The van der Waals surface area contributed by atoms with Crippen LogP contribution in [0.3, 0.4) is 0 Å². The molecule has 4 rings (SSSR count). The second kappa shape index (κ2) is 7.28. The van der Waals surface area contributed by atoms with Crippen molar-refractivity contribution in [3.8, 4) is 0 Å². The van der Waals surface area contributed by atoms with E-state index in [1.165, 1.54) is 0 Å². The van der Waals surface area contributed by atoms with Gasteiger partial charge in [0.25, 0.3) is 0 Å². The third kappa shape index (κ3) is 3.47. The topological polar surface area (TPSA) is 69.7 Å². The van der Waals surface area contributed by atoms with Gasteiger partial charge in [0.15, 0.2) is 0 Å². The summed E-state index contributed by atoms with van der Waals surface area (Å²) in [6.07, 6.45) is 0.937. The Morgan fingerprint density at radius 3 is 2.75 bits per heavy atom. The monoisotopic (exact) mass is 397 g/mol. The zero-order valence-electron chi connectivity index (χ0n) is 15.4. The van der Waals surface area contributed by atoms with Crippen LogP contribution in [-0.2, 0) is 20.8 Å². The fourth-order valence-corrected chi connectivity index (χ4v) is 4.02. The zero-order valence-corrected chi connectivity index (χ0v) is 16.2. The number of hydrogen-bond acceptors (Lipinski definition) is 3. The molecule has 1 atom stereocenters. The lowest BCUT2D eigenvalue weighted by molar-refractivity contribution is -0.122. The predicted molar refractivity (Wildman–Crippen MR) is 109 cm³/mol. The van der Waals surface area contributed by atoms with Gasteiger partial charge in [-0.15, -0.1) is 0 Å². The quantitative estimate of drug-likeness (QED) is 0.864. The lowest BCUT2D eigenvalue weighted by Gasteiger charge is -2.19. The number of benzene rings is 2. The van der Waals surface area contributed by atoms with Crippen molar-refractivity contribution in [3.05, 3.63) is 53.1 Å². The van der Waals surface area contributed by atoms with Gasteiger partial charge in [-0.3, -0.25) is 14.4 Å². The van der Waals surface area contributed by atoms with Crippen LogP contribution < -0.4 is 15.1 Å². The van der Waals surface area contributed by atoms with Crippen LogP contribution in [0.15, 0.2) is 42.5 Å². The molecule has 28 heavy (non-hydrogen) atoms. The summed E-state index contributed by atoms with van der Waals surface area (Å²) in [6.45, 7) is 2.54. The Kier molecular flexibility index (Phi) is 4.81. The highest BCUT2D eigenvalue weighted by Gasteiger charge is 2.36. The normalized spacial score (nSPS) is 18.4. The van der Waals surface area contributed by atoms with Crippen LogP contribution in [0, 0.1) is 5.92 Å². The molecular formula is C21H20ClN3O3. The molecular weight excluding hydrogens is 378 g/mol. The Bertz CT molecular complexity index is 975. The highest BCUT2D eigenvalue weighted by molar-refractivity contribution is 6.30. The molecule has 1 N–H and O–H groups in total. The van der Waals surface area contributed by atoms with Crippen LogP contribution in [0.25, 0.3) is 0 Å². The van der Waals surface area contributed by atoms with Crippen LogP contribution in [0.4, 0.5) is 17.1 Å². The average molecular weight is 398 g/mol. The molecule has 0 radical (unpaired) electrons. The predicted octanol–water partition coefficient (Wildman–Crippen LogP) is 3.24. The zero-order chi connectivity index (χ0) is 19.8. The molecule has 0 saturated carbocycles. The van der Waals surface area contributed by atoms with Crippen LogP contribution >= 0.6 is 11.6 Å². The summed E-state index contributed by atoms with van der Waals surface area (Å²) in [6, 6.07) is 12.6. The van der Waals surface area contributed by atoms with Crippen molar-refractivity contribution in [3.63, 3.8) is 0 Å². The molecule has 0 aromatic heterocycles. The van der Waals surface area contributed by atoms with Gasteiger partial charge in [0, 0.05) is 48.5 Å². The number of carbonyl (C=O) groups excluding carboxylic acids is 3. The molecule has 2 aromatic rings. The van der Waals surface area contributed by atoms with Crippen molar-refractivity contribution >= 4 is 46.4 Å². The van der Waals surface area contributed by atoms with E-state index in [1.54, 1.807) is 41.0 Å². The minimum Gasteiger partial charge on any atom is -0.326 e. The van der Waals surface area contributed by atoms with Gasteiger partial charge in [-0.05, 0) is 48.4 Å².